The van der Waals surface area contributed by atoms with Gasteiger partial charge in [0.05, 0.1) is 37.0 Å². The summed E-state index contributed by atoms with van der Waals surface area (Å²) in [6, 6.07) is 11.3. The highest BCUT2D eigenvalue weighted by molar-refractivity contribution is 6.32. The molecular formula is C20H18ClN5O2. The Balaban J connectivity index is 1.69. The summed E-state index contributed by atoms with van der Waals surface area (Å²) in [5.74, 6) is 2.47. The van der Waals surface area contributed by atoms with E-state index in [1.165, 1.54) is 0 Å². The first-order valence-corrected chi connectivity index (χ1v) is 8.92. The van der Waals surface area contributed by atoms with Crippen molar-refractivity contribution in [3.8, 4) is 40.0 Å². The molecule has 0 atom stereocenters. The third-order valence-electron chi connectivity index (χ3n) is 4.34. The molecular weight excluding hydrogens is 378 g/mol. The molecule has 7 nitrogen and oxygen atoms in total. The average Bonchev–Trinajstić information content (AvgIpc) is 3.37. The maximum absolute atomic E-state index is 6.09. The molecule has 2 aromatic heterocycles. The van der Waals surface area contributed by atoms with E-state index in [0.29, 0.717) is 28.2 Å². The SMILES string of the molecule is COc1cc(-c2nc(-c3ccc(-n4cnc(C)c4)c(OC)c3)n[nH]2)ccc1Cl. The van der Waals surface area contributed by atoms with Gasteiger partial charge in [0.1, 0.15) is 11.5 Å². The van der Waals surface area contributed by atoms with Gasteiger partial charge in [-0.25, -0.2) is 9.97 Å². The smallest absolute Gasteiger partial charge is 0.181 e. The molecule has 0 spiro atoms. The number of hydrogen-bond donors (Lipinski definition) is 1. The standard InChI is InChI=1S/C20H18ClN5O2/c1-12-10-26(11-22-12)16-7-5-14(9-18(16)28-3)20-23-19(24-25-20)13-4-6-15(21)17(8-13)27-2/h4-11H,1-3H3,(H,23,24,25). The lowest BCUT2D eigenvalue weighted by molar-refractivity contribution is 0.413. The van der Waals surface area contributed by atoms with Crippen LogP contribution in [0.25, 0.3) is 28.5 Å². The van der Waals surface area contributed by atoms with Crippen molar-refractivity contribution in [2.45, 2.75) is 6.92 Å². The Labute approximate surface area is 166 Å². The minimum atomic E-state index is 0.543. The summed E-state index contributed by atoms with van der Waals surface area (Å²) in [5, 5.41) is 7.84. The minimum Gasteiger partial charge on any atom is -0.495 e. The number of aromatic amines is 1. The van der Waals surface area contributed by atoms with Crippen molar-refractivity contribution in [3.63, 3.8) is 0 Å². The van der Waals surface area contributed by atoms with Crippen molar-refractivity contribution in [2.24, 2.45) is 0 Å². The summed E-state index contributed by atoms with van der Waals surface area (Å²) < 4.78 is 12.7. The number of rotatable bonds is 5. The zero-order valence-corrected chi connectivity index (χ0v) is 16.4. The van der Waals surface area contributed by atoms with Crippen molar-refractivity contribution in [1.29, 1.82) is 0 Å². The number of aryl methyl sites for hydroxylation is 1. The minimum absolute atomic E-state index is 0.543. The highest BCUT2D eigenvalue weighted by Gasteiger charge is 2.13. The van der Waals surface area contributed by atoms with Crippen LogP contribution in [-0.2, 0) is 0 Å². The van der Waals surface area contributed by atoms with E-state index in [-0.39, 0.29) is 0 Å². The summed E-state index contributed by atoms with van der Waals surface area (Å²) in [4.78, 5) is 8.86. The van der Waals surface area contributed by atoms with E-state index in [1.54, 1.807) is 26.6 Å². The zero-order chi connectivity index (χ0) is 19.7. The van der Waals surface area contributed by atoms with Crippen LogP contribution >= 0.6 is 11.6 Å². The Morgan fingerprint density at radius 3 is 2.46 bits per heavy atom. The van der Waals surface area contributed by atoms with Gasteiger partial charge in [-0.2, -0.15) is 5.10 Å². The fourth-order valence-electron chi connectivity index (χ4n) is 2.91. The third kappa shape index (κ3) is 3.32. The van der Waals surface area contributed by atoms with E-state index >= 15 is 0 Å². The van der Waals surface area contributed by atoms with E-state index in [0.717, 1.165) is 22.5 Å². The number of imidazole rings is 1. The zero-order valence-electron chi connectivity index (χ0n) is 15.6. The molecule has 2 aromatic carbocycles. The van der Waals surface area contributed by atoms with E-state index < -0.39 is 0 Å². The summed E-state index contributed by atoms with van der Waals surface area (Å²) in [7, 11) is 3.21. The van der Waals surface area contributed by atoms with Crippen molar-refractivity contribution in [1.82, 2.24) is 24.7 Å². The maximum Gasteiger partial charge on any atom is 0.181 e. The highest BCUT2D eigenvalue weighted by atomic mass is 35.5. The Hall–Kier alpha value is -3.32. The predicted molar refractivity (Wildman–Crippen MR) is 107 cm³/mol. The van der Waals surface area contributed by atoms with Crippen LogP contribution in [0.1, 0.15) is 5.69 Å². The number of hydrogen-bond acceptors (Lipinski definition) is 5. The van der Waals surface area contributed by atoms with Crippen LogP contribution in [0.2, 0.25) is 5.02 Å². The largest absolute Gasteiger partial charge is 0.495 e. The molecule has 0 saturated carbocycles. The Morgan fingerprint density at radius 1 is 1.00 bits per heavy atom. The second-order valence-corrected chi connectivity index (χ2v) is 6.57. The molecule has 0 bridgehead atoms. The molecule has 2 heterocycles. The molecule has 0 fully saturated rings. The fraction of sp³-hybridized carbons (Fsp3) is 0.150. The summed E-state index contributed by atoms with van der Waals surface area (Å²) in [5.41, 5.74) is 3.49. The van der Waals surface area contributed by atoms with Gasteiger partial charge in [-0.05, 0) is 43.3 Å². The van der Waals surface area contributed by atoms with Crippen LogP contribution in [0.5, 0.6) is 11.5 Å². The molecule has 28 heavy (non-hydrogen) atoms. The normalized spacial score (nSPS) is 10.9. The molecule has 0 amide bonds. The number of aromatic nitrogens is 5. The second-order valence-electron chi connectivity index (χ2n) is 6.17. The molecule has 0 saturated heterocycles. The van der Waals surface area contributed by atoms with Gasteiger partial charge < -0.3 is 14.0 Å². The molecule has 0 aliphatic carbocycles. The number of nitrogens with zero attached hydrogens (tertiary/aromatic N) is 4. The van der Waals surface area contributed by atoms with Gasteiger partial charge in [-0.15, -0.1) is 0 Å². The van der Waals surface area contributed by atoms with Crippen LogP contribution in [0.15, 0.2) is 48.9 Å². The molecule has 4 aromatic rings. The molecule has 8 heteroatoms. The fourth-order valence-corrected chi connectivity index (χ4v) is 3.10. The van der Waals surface area contributed by atoms with E-state index in [9.17, 15) is 0 Å². The lowest BCUT2D eigenvalue weighted by atomic mass is 10.1. The van der Waals surface area contributed by atoms with E-state index in [2.05, 4.69) is 20.2 Å². The van der Waals surface area contributed by atoms with Crippen molar-refractivity contribution < 1.29 is 9.47 Å². The number of benzene rings is 2. The number of nitrogens with one attached hydrogen (secondary N) is 1. The van der Waals surface area contributed by atoms with Gasteiger partial charge >= 0.3 is 0 Å². The number of halogens is 1. The second kappa shape index (κ2) is 7.36. The molecule has 4 rings (SSSR count). The Morgan fingerprint density at radius 2 is 1.75 bits per heavy atom. The maximum atomic E-state index is 6.09. The first-order valence-electron chi connectivity index (χ1n) is 8.54. The lowest BCUT2D eigenvalue weighted by Gasteiger charge is -2.10. The van der Waals surface area contributed by atoms with Crippen molar-refractivity contribution >= 4 is 11.6 Å². The molecule has 0 aliphatic rings. The molecule has 0 aliphatic heterocycles. The van der Waals surface area contributed by atoms with Crippen LogP contribution in [0, 0.1) is 6.92 Å². The van der Waals surface area contributed by atoms with Crippen LogP contribution in [-0.4, -0.2) is 39.0 Å². The van der Waals surface area contributed by atoms with Gasteiger partial charge in [0.15, 0.2) is 11.6 Å². The molecule has 142 valence electrons. The summed E-state index contributed by atoms with van der Waals surface area (Å²) in [6.45, 7) is 1.94. The molecule has 1 N–H and O–H groups in total. The molecule has 0 radical (unpaired) electrons. The van der Waals surface area contributed by atoms with Gasteiger partial charge in [0.25, 0.3) is 0 Å². The average molecular weight is 396 g/mol. The van der Waals surface area contributed by atoms with Crippen LogP contribution in [0.3, 0.4) is 0 Å². The highest BCUT2D eigenvalue weighted by Crippen LogP contribution is 2.31. The number of methoxy groups -OCH3 is 2. The van der Waals surface area contributed by atoms with Crippen molar-refractivity contribution in [3.05, 3.63) is 59.6 Å². The number of H-pyrrole nitrogens is 1. The van der Waals surface area contributed by atoms with Gasteiger partial charge in [0.2, 0.25) is 0 Å². The van der Waals surface area contributed by atoms with E-state index in [4.69, 9.17) is 21.1 Å². The van der Waals surface area contributed by atoms with Gasteiger partial charge in [-0.1, -0.05) is 11.6 Å². The Kier molecular flexibility index (Phi) is 4.75. The first-order chi connectivity index (χ1) is 13.6. The quantitative estimate of drug-likeness (QED) is 0.545. The molecule has 0 unspecified atom stereocenters. The van der Waals surface area contributed by atoms with Gasteiger partial charge in [0, 0.05) is 17.3 Å². The first kappa shape index (κ1) is 18.1. The van der Waals surface area contributed by atoms with Crippen LogP contribution < -0.4 is 9.47 Å². The van der Waals surface area contributed by atoms with Gasteiger partial charge in [-0.3, -0.25) is 5.10 Å². The summed E-state index contributed by atoms with van der Waals surface area (Å²) in [6.07, 6.45) is 3.70. The lowest BCUT2D eigenvalue weighted by Crippen LogP contribution is -1.96. The topological polar surface area (TPSA) is 77.8 Å². The monoisotopic (exact) mass is 395 g/mol. The van der Waals surface area contributed by atoms with E-state index in [1.807, 2.05) is 48.0 Å². The Bertz CT molecular complexity index is 1140. The predicted octanol–water partition coefficient (Wildman–Crippen LogP) is 4.30. The third-order valence-corrected chi connectivity index (χ3v) is 4.65. The van der Waals surface area contributed by atoms with Crippen molar-refractivity contribution in [2.75, 3.05) is 14.2 Å². The van der Waals surface area contributed by atoms with Crippen LogP contribution in [0.4, 0.5) is 0 Å². The summed E-state index contributed by atoms with van der Waals surface area (Å²) >= 11 is 6.09. The number of ether oxygens (including phenoxy) is 2.